The first-order valence-corrected chi connectivity index (χ1v) is 5.59. The number of nitrogens with zero attached hydrogens (tertiary/aromatic N) is 1. The molecule has 0 radical (unpaired) electrons. The van der Waals surface area contributed by atoms with Gasteiger partial charge in [-0.1, -0.05) is 6.07 Å². The van der Waals surface area contributed by atoms with E-state index in [9.17, 15) is 5.11 Å². The lowest BCUT2D eigenvalue weighted by atomic mass is 10.2. The Balaban J connectivity index is 1.84. The van der Waals surface area contributed by atoms with Crippen molar-refractivity contribution in [1.29, 1.82) is 0 Å². The van der Waals surface area contributed by atoms with Crippen LogP contribution in [-0.4, -0.2) is 22.7 Å². The highest BCUT2D eigenvalue weighted by atomic mass is 79.9. The van der Waals surface area contributed by atoms with Crippen molar-refractivity contribution in [1.82, 2.24) is 4.98 Å². The molecule has 2 N–H and O–H groups in total. The first-order chi connectivity index (χ1) is 6.75. The van der Waals surface area contributed by atoms with E-state index in [1.807, 2.05) is 18.2 Å². The van der Waals surface area contributed by atoms with Crippen LogP contribution in [0.4, 0.5) is 5.82 Å². The molecular weight excluding hydrogens is 244 g/mol. The summed E-state index contributed by atoms with van der Waals surface area (Å²) < 4.78 is 0.809. The highest BCUT2D eigenvalue weighted by molar-refractivity contribution is 9.10. The van der Waals surface area contributed by atoms with Gasteiger partial charge in [-0.3, -0.25) is 0 Å². The minimum Gasteiger partial charge on any atom is -0.391 e. The van der Waals surface area contributed by atoms with Crippen LogP contribution in [0.5, 0.6) is 0 Å². The van der Waals surface area contributed by atoms with Crippen molar-refractivity contribution in [3.05, 3.63) is 22.8 Å². The molecular formula is C10H13BrN2O. The summed E-state index contributed by atoms with van der Waals surface area (Å²) in [5.74, 6) is 1.31. The van der Waals surface area contributed by atoms with Crippen LogP contribution >= 0.6 is 15.9 Å². The standard InChI is InChI=1S/C10H13BrN2O/c11-9-2-1-3-10(13-9)12-6-8(14)7-4-5-7/h1-3,7-8,14H,4-6H2,(H,12,13). The second kappa shape index (κ2) is 4.28. The van der Waals surface area contributed by atoms with Crippen molar-refractivity contribution < 1.29 is 5.11 Å². The third kappa shape index (κ3) is 2.69. The van der Waals surface area contributed by atoms with Crippen LogP contribution in [0.3, 0.4) is 0 Å². The van der Waals surface area contributed by atoms with E-state index in [1.165, 1.54) is 0 Å². The molecule has 0 bridgehead atoms. The van der Waals surface area contributed by atoms with Gasteiger partial charge >= 0.3 is 0 Å². The summed E-state index contributed by atoms with van der Waals surface area (Å²) >= 11 is 3.30. The van der Waals surface area contributed by atoms with Crippen LogP contribution in [0.15, 0.2) is 22.8 Å². The predicted molar refractivity (Wildman–Crippen MR) is 59.2 cm³/mol. The number of hydrogen-bond acceptors (Lipinski definition) is 3. The summed E-state index contributed by atoms with van der Waals surface area (Å²) in [6.45, 7) is 0.591. The highest BCUT2D eigenvalue weighted by Crippen LogP contribution is 2.32. The largest absolute Gasteiger partial charge is 0.391 e. The van der Waals surface area contributed by atoms with E-state index in [0.717, 1.165) is 23.3 Å². The van der Waals surface area contributed by atoms with Crippen molar-refractivity contribution >= 4 is 21.7 Å². The predicted octanol–water partition coefficient (Wildman–Crippen LogP) is 2.03. The van der Waals surface area contributed by atoms with Gasteiger partial charge in [-0.15, -0.1) is 0 Å². The Labute approximate surface area is 91.7 Å². The summed E-state index contributed by atoms with van der Waals surface area (Å²) in [5, 5.41) is 12.7. The fraction of sp³-hybridized carbons (Fsp3) is 0.500. The molecule has 0 aromatic carbocycles. The maximum atomic E-state index is 9.62. The number of aliphatic hydroxyl groups is 1. The van der Waals surface area contributed by atoms with Crippen LogP contribution < -0.4 is 5.32 Å². The molecule has 0 aliphatic heterocycles. The van der Waals surface area contributed by atoms with Gasteiger partial charge in [0.1, 0.15) is 10.4 Å². The number of halogens is 1. The number of rotatable bonds is 4. The number of nitrogens with one attached hydrogen (secondary N) is 1. The molecule has 0 saturated heterocycles. The minimum atomic E-state index is -0.226. The number of anilines is 1. The summed E-state index contributed by atoms with van der Waals surface area (Å²) in [6.07, 6.45) is 2.10. The molecule has 4 heteroatoms. The van der Waals surface area contributed by atoms with Crippen LogP contribution in [-0.2, 0) is 0 Å². The first kappa shape index (κ1) is 9.93. The summed E-state index contributed by atoms with van der Waals surface area (Å²) in [4.78, 5) is 4.22. The van der Waals surface area contributed by atoms with E-state index in [4.69, 9.17) is 0 Å². The molecule has 1 fully saturated rings. The lowest BCUT2D eigenvalue weighted by Gasteiger charge is -2.10. The molecule has 1 aromatic rings. The van der Waals surface area contributed by atoms with Gasteiger partial charge in [-0.2, -0.15) is 0 Å². The molecule has 0 amide bonds. The Morgan fingerprint density at radius 1 is 1.57 bits per heavy atom. The molecule has 1 unspecified atom stereocenters. The Kier molecular flexibility index (Phi) is 3.03. The van der Waals surface area contributed by atoms with Gasteiger partial charge in [-0.25, -0.2) is 4.98 Å². The smallest absolute Gasteiger partial charge is 0.127 e. The molecule has 1 aromatic heterocycles. The highest BCUT2D eigenvalue weighted by Gasteiger charge is 2.29. The molecule has 1 aliphatic rings. The zero-order valence-corrected chi connectivity index (χ0v) is 9.37. The number of aromatic nitrogens is 1. The SMILES string of the molecule is OC(CNc1cccc(Br)n1)C1CC1. The minimum absolute atomic E-state index is 0.226. The number of pyridine rings is 1. The molecule has 0 spiro atoms. The fourth-order valence-electron chi connectivity index (χ4n) is 1.36. The maximum Gasteiger partial charge on any atom is 0.127 e. The van der Waals surface area contributed by atoms with Gasteiger partial charge < -0.3 is 10.4 Å². The maximum absolute atomic E-state index is 9.62. The van der Waals surface area contributed by atoms with Crippen LogP contribution in [0.1, 0.15) is 12.8 Å². The average molecular weight is 257 g/mol. The molecule has 1 saturated carbocycles. The van der Waals surface area contributed by atoms with Gasteiger partial charge in [0.15, 0.2) is 0 Å². The van der Waals surface area contributed by atoms with Gasteiger partial charge in [0.2, 0.25) is 0 Å². The topological polar surface area (TPSA) is 45.1 Å². The summed E-state index contributed by atoms with van der Waals surface area (Å²) in [6, 6.07) is 5.69. The monoisotopic (exact) mass is 256 g/mol. The van der Waals surface area contributed by atoms with E-state index in [1.54, 1.807) is 0 Å². The summed E-state index contributed by atoms with van der Waals surface area (Å²) in [5.41, 5.74) is 0. The molecule has 2 rings (SSSR count). The third-order valence-electron chi connectivity index (χ3n) is 2.37. The van der Waals surface area contributed by atoms with Gasteiger partial charge in [0, 0.05) is 6.54 Å². The molecule has 1 atom stereocenters. The number of hydrogen-bond donors (Lipinski definition) is 2. The lowest BCUT2D eigenvalue weighted by Crippen LogP contribution is -2.21. The second-order valence-corrected chi connectivity index (χ2v) is 4.44. The van der Waals surface area contributed by atoms with Crippen molar-refractivity contribution in [2.75, 3.05) is 11.9 Å². The first-order valence-electron chi connectivity index (χ1n) is 4.80. The van der Waals surface area contributed by atoms with E-state index >= 15 is 0 Å². The van der Waals surface area contributed by atoms with Gasteiger partial charge in [0.25, 0.3) is 0 Å². The van der Waals surface area contributed by atoms with Crippen LogP contribution in [0, 0.1) is 5.92 Å². The zero-order valence-electron chi connectivity index (χ0n) is 7.78. The van der Waals surface area contributed by atoms with Gasteiger partial charge in [0.05, 0.1) is 6.10 Å². The Bertz CT molecular complexity index is 315. The van der Waals surface area contributed by atoms with Crippen molar-refractivity contribution in [3.63, 3.8) is 0 Å². The van der Waals surface area contributed by atoms with Crippen molar-refractivity contribution in [2.24, 2.45) is 5.92 Å². The third-order valence-corrected chi connectivity index (χ3v) is 2.82. The number of aliphatic hydroxyl groups excluding tert-OH is 1. The molecule has 14 heavy (non-hydrogen) atoms. The van der Waals surface area contributed by atoms with E-state index in [-0.39, 0.29) is 6.10 Å². The Hall–Kier alpha value is -0.610. The normalized spacial score (nSPS) is 17.9. The second-order valence-electron chi connectivity index (χ2n) is 3.63. The molecule has 1 aliphatic carbocycles. The lowest BCUT2D eigenvalue weighted by molar-refractivity contribution is 0.164. The zero-order chi connectivity index (χ0) is 9.97. The van der Waals surface area contributed by atoms with Crippen LogP contribution in [0.2, 0.25) is 0 Å². The Morgan fingerprint density at radius 3 is 3.00 bits per heavy atom. The molecule has 1 heterocycles. The molecule has 3 nitrogen and oxygen atoms in total. The quantitative estimate of drug-likeness (QED) is 0.811. The van der Waals surface area contributed by atoms with E-state index < -0.39 is 0 Å². The van der Waals surface area contributed by atoms with Crippen LogP contribution in [0.25, 0.3) is 0 Å². The molecule has 76 valence electrons. The van der Waals surface area contributed by atoms with E-state index in [0.29, 0.717) is 12.5 Å². The van der Waals surface area contributed by atoms with Gasteiger partial charge in [-0.05, 0) is 46.8 Å². The Morgan fingerprint density at radius 2 is 2.36 bits per heavy atom. The average Bonchev–Trinajstić information content (AvgIpc) is 2.97. The summed E-state index contributed by atoms with van der Waals surface area (Å²) in [7, 11) is 0. The van der Waals surface area contributed by atoms with E-state index in [2.05, 4.69) is 26.2 Å². The van der Waals surface area contributed by atoms with Crippen molar-refractivity contribution in [2.45, 2.75) is 18.9 Å². The fourth-order valence-corrected chi connectivity index (χ4v) is 1.71. The van der Waals surface area contributed by atoms with Crippen molar-refractivity contribution in [3.8, 4) is 0 Å².